The van der Waals surface area contributed by atoms with E-state index >= 15 is 0 Å². The highest BCUT2D eigenvalue weighted by Crippen LogP contribution is 2.38. The molecule has 0 amide bonds. The van der Waals surface area contributed by atoms with E-state index in [0.29, 0.717) is 17.8 Å². The lowest BCUT2D eigenvalue weighted by Gasteiger charge is -2.29. The summed E-state index contributed by atoms with van der Waals surface area (Å²) in [5, 5.41) is 0. The van der Waals surface area contributed by atoms with Crippen molar-refractivity contribution < 1.29 is 17.9 Å². The average Bonchev–Trinajstić information content (AvgIpc) is 2.63. The third-order valence-corrected chi connectivity index (χ3v) is 6.41. The van der Waals surface area contributed by atoms with E-state index in [4.69, 9.17) is 4.74 Å². The Morgan fingerprint density at radius 3 is 1.77 bits per heavy atom. The number of Topliss-reactive ketones (excluding diaryl/α,β-unsaturated/α-hetero) is 1. The number of sulfone groups is 1. The molecule has 2 atom stereocenters. The molecule has 0 bridgehead atoms. The monoisotopic (exact) mass is 450 g/mol. The van der Waals surface area contributed by atoms with Crippen molar-refractivity contribution in [3.63, 3.8) is 0 Å². The van der Waals surface area contributed by atoms with E-state index < -0.39 is 15.9 Å². The van der Waals surface area contributed by atoms with E-state index in [1.54, 1.807) is 13.0 Å². The molecule has 0 N–H and O–H groups in total. The molecule has 0 aromatic heterocycles. The normalized spacial score (nSPS) is 15.1. The lowest BCUT2D eigenvalue weighted by Crippen LogP contribution is -2.22. The molecule has 0 radical (unpaired) electrons. The van der Waals surface area contributed by atoms with E-state index in [0.717, 1.165) is 5.57 Å². The van der Waals surface area contributed by atoms with Crippen LogP contribution >= 0.6 is 0 Å². The van der Waals surface area contributed by atoms with E-state index in [1.165, 1.54) is 28.5 Å². The summed E-state index contributed by atoms with van der Waals surface area (Å²) in [5.74, 6) is 1.08. The van der Waals surface area contributed by atoms with E-state index in [9.17, 15) is 13.2 Å². The summed E-state index contributed by atoms with van der Waals surface area (Å²) in [7, 11) is -3.13. The molecule has 5 heteroatoms. The summed E-state index contributed by atoms with van der Waals surface area (Å²) in [4.78, 5) is 11.9. The topological polar surface area (TPSA) is 60.4 Å². The van der Waals surface area contributed by atoms with Gasteiger partial charge in [0, 0.05) is 12.7 Å². The predicted octanol–water partition coefficient (Wildman–Crippen LogP) is 6.47. The fraction of sp³-hybridized carbons (Fsp3) is 0.654. The summed E-state index contributed by atoms with van der Waals surface area (Å²) in [6.45, 7) is 18.6. The summed E-state index contributed by atoms with van der Waals surface area (Å²) < 4.78 is 29.7. The van der Waals surface area contributed by atoms with Gasteiger partial charge in [0.1, 0.15) is 5.78 Å². The summed E-state index contributed by atoms with van der Waals surface area (Å²) in [5.41, 5.74) is 5.86. The minimum Gasteiger partial charge on any atom is -0.366 e. The lowest BCUT2D eigenvalue weighted by atomic mass is 9.82. The smallest absolute Gasteiger partial charge is 0.151 e. The third kappa shape index (κ3) is 8.53. The molecule has 0 spiro atoms. The molecule has 0 unspecified atom stereocenters. The summed E-state index contributed by atoms with van der Waals surface area (Å²) >= 11 is 0. The molecule has 0 aliphatic carbocycles. The molecular weight excluding hydrogens is 408 g/mol. The lowest BCUT2D eigenvalue weighted by molar-refractivity contribution is -0.120. The van der Waals surface area contributed by atoms with Crippen molar-refractivity contribution in [2.24, 2.45) is 0 Å². The Hall–Kier alpha value is -1.46. The molecule has 4 nitrogen and oxygen atoms in total. The van der Waals surface area contributed by atoms with E-state index in [2.05, 4.69) is 53.7 Å². The molecule has 1 rings (SSSR count). The average molecular weight is 451 g/mol. The number of carbonyl (C=O) groups is 1. The zero-order valence-corrected chi connectivity index (χ0v) is 21.9. The number of hydrogen-bond donors (Lipinski definition) is 0. The van der Waals surface area contributed by atoms with Crippen LogP contribution in [0.5, 0.6) is 0 Å². The van der Waals surface area contributed by atoms with Crippen molar-refractivity contribution in [2.45, 2.75) is 98.7 Å². The highest BCUT2D eigenvalue weighted by atomic mass is 32.2. The Bertz CT molecular complexity index is 863. The van der Waals surface area contributed by atoms with Gasteiger partial charge in [-0.1, -0.05) is 59.8 Å². The molecule has 0 saturated carbocycles. The van der Waals surface area contributed by atoms with Gasteiger partial charge >= 0.3 is 0 Å². The van der Waals surface area contributed by atoms with Gasteiger partial charge in [-0.05, 0) is 66.4 Å². The molecule has 0 aliphatic heterocycles. The van der Waals surface area contributed by atoms with Gasteiger partial charge in [0.25, 0.3) is 0 Å². The minimum atomic E-state index is -3.13. The van der Waals surface area contributed by atoms with Crippen LogP contribution in [0, 0.1) is 0 Å². The third-order valence-electron chi connectivity index (χ3n) is 5.64. The van der Waals surface area contributed by atoms with Gasteiger partial charge in [0.05, 0.1) is 18.0 Å². The molecule has 1 aromatic carbocycles. The quantitative estimate of drug-likeness (QED) is 0.362. The number of carbonyl (C=O) groups excluding carboxylic acids is 1. The zero-order valence-electron chi connectivity index (χ0n) is 21.1. The van der Waals surface area contributed by atoms with Crippen LogP contribution in [0.3, 0.4) is 0 Å². The largest absolute Gasteiger partial charge is 0.366 e. The fourth-order valence-corrected chi connectivity index (χ4v) is 4.35. The number of ketones is 1. The van der Waals surface area contributed by atoms with Crippen LogP contribution in [-0.2, 0) is 19.4 Å². The molecule has 0 aliphatic rings. The first kappa shape index (κ1) is 27.6. The SMILES string of the molecule is CC(=O)C[C@H](O[C@@H](C)c1c(C(C)C)cc(C(C)C)cc1C(C)C)/C(C)=C\CS(C)(=O)=O. The first-order valence-electron chi connectivity index (χ1n) is 11.3. The van der Waals surface area contributed by atoms with Crippen LogP contribution in [0.25, 0.3) is 0 Å². The molecule has 31 heavy (non-hydrogen) atoms. The maximum atomic E-state index is 11.9. The van der Waals surface area contributed by atoms with Crippen molar-refractivity contribution in [3.05, 3.63) is 46.0 Å². The van der Waals surface area contributed by atoms with Crippen LogP contribution in [0.15, 0.2) is 23.8 Å². The number of ether oxygens (including phenoxy) is 1. The Labute approximate surface area is 190 Å². The van der Waals surface area contributed by atoms with Crippen LogP contribution in [-0.4, -0.2) is 32.3 Å². The predicted molar refractivity (Wildman–Crippen MR) is 131 cm³/mol. The second kappa shape index (κ2) is 11.4. The number of benzene rings is 1. The van der Waals surface area contributed by atoms with Crippen molar-refractivity contribution >= 4 is 15.6 Å². The van der Waals surface area contributed by atoms with Crippen molar-refractivity contribution in [1.29, 1.82) is 0 Å². The van der Waals surface area contributed by atoms with Gasteiger partial charge in [-0.15, -0.1) is 0 Å². The fourth-order valence-electron chi connectivity index (χ4n) is 3.79. The Morgan fingerprint density at radius 2 is 1.42 bits per heavy atom. The Balaban J connectivity index is 3.46. The molecule has 0 heterocycles. The van der Waals surface area contributed by atoms with Gasteiger partial charge in [-0.3, -0.25) is 4.79 Å². The van der Waals surface area contributed by atoms with Crippen LogP contribution in [0.2, 0.25) is 0 Å². The van der Waals surface area contributed by atoms with Crippen molar-refractivity contribution in [3.8, 4) is 0 Å². The molecule has 0 saturated heterocycles. The first-order chi connectivity index (χ1) is 14.1. The van der Waals surface area contributed by atoms with Gasteiger partial charge < -0.3 is 4.74 Å². The van der Waals surface area contributed by atoms with Gasteiger partial charge in [-0.25, -0.2) is 8.42 Å². The van der Waals surface area contributed by atoms with Crippen LogP contribution in [0.4, 0.5) is 0 Å². The van der Waals surface area contributed by atoms with Crippen LogP contribution < -0.4 is 0 Å². The standard InChI is InChI=1S/C26H42O4S/c1-16(2)22-14-23(17(3)4)26(24(15-22)18(5)6)21(9)30-25(13-20(8)27)19(7)11-12-31(10,28)29/h11,14-18,21,25H,12-13H2,1-10H3/b19-11-/t21-,25-/m0/s1. The van der Waals surface area contributed by atoms with Gasteiger partial charge in [0.2, 0.25) is 0 Å². The van der Waals surface area contributed by atoms with Gasteiger partial charge in [0.15, 0.2) is 9.84 Å². The first-order valence-corrected chi connectivity index (χ1v) is 13.4. The van der Waals surface area contributed by atoms with Crippen molar-refractivity contribution in [1.82, 2.24) is 0 Å². The summed E-state index contributed by atoms with van der Waals surface area (Å²) in [6, 6.07) is 4.59. The Kier molecular flexibility index (Phi) is 10.2. The van der Waals surface area contributed by atoms with E-state index in [-0.39, 0.29) is 24.1 Å². The summed E-state index contributed by atoms with van der Waals surface area (Å²) in [6.07, 6.45) is 2.44. The highest BCUT2D eigenvalue weighted by Gasteiger charge is 2.25. The second-order valence-electron chi connectivity index (χ2n) is 9.79. The minimum absolute atomic E-state index is 0.0210. The molecule has 1 aromatic rings. The molecule has 176 valence electrons. The number of hydrogen-bond acceptors (Lipinski definition) is 4. The maximum Gasteiger partial charge on any atom is 0.151 e. The number of rotatable bonds is 11. The van der Waals surface area contributed by atoms with Crippen molar-refractivity contribution in [2.75, 3.05) is 12.0 Å². The molecule has 0 fully saturated rings. The highest BCUT2D eigenvalue weighted by molar-refractivity contribution is 7.90. The van der Waals surface area contributed by atoms with E-state index in [1.807, 2.05) is 13.8 Å². The van der Waals surface area contributed by atoms with Gasteiger partial charge in [-0.2, -0.15) is 0 Å². The molecular formula is C26H42O4S. The second-order valence-corrected chi connectivity index (χ2v) is 12.0. The van der Waals surface area contributed by atoms with Crippen LogP contribution in [0.1, 0.15) is 115 Å². The zero-order chi connectivity index (χ0) is 24.1. The maximum absolute atomic E-state index is 11.9. The Morgan fingerprint density at radius 1 is 0.935 bits per heavy atom.